The molecule has 5 aliphatic rings. The first-order valence-electron chi connectivity index (χ1n) is 17.9. The van der Waals surface area contributed by atoms with Crippen molar-refractivity contribution in [1.82, 2.24) is 20.1 Å². The Balaban J connectivity index is 1.07. The molecule has 50 heavy (non-hydrogen) atoms. The van der Waals surface area contributed by atoms with Gasteiger partial charge in [-0.05, 0) is 61.5 Å². The van der Waals surface area contributed by atoms with Crippen LogP contribution in [0.3, 0.4) is 0 Å². The van der Waals surface area contributed by atoms with Crippen molar-refractivity contribution < 1.29 is 38.1 Å². The number of nitrogens with zero attached hydrogens (tertiary/aromatic N) is 3. The number of rotatable bonds is 12. The van der Waals surface area contributed by atoms with Crippen molar-refractivity contribution in [2.75, 3.05) is 46.0 Å². The second-order valence-corrected chi connectivity index (χ2v) is 15.8. The van der Waals surface area contributed by atoms with Crippen LogP contribution >= 0.6 is 11.6 Å². The minimum Gasteiger partial charge on any atom is -0.491 e. The Morgan fingerprint density at radius 3 is 2.44 bits per heavy atom. The van der Waals surface area contributed by atoms with Gasteiger partial charge in [0, 0.05) is 37.5 Å². The van der Waals surface area contributed by atoms with Crippen LogP contribution in [-0.2, 0) is 19.1 Å². The Labute approximate surface area is 297 Å². The zero-order valence-electron chi connectivity index (χ0n) is 29.0. The maximum absolute atomic E-state index is 14.1. The molecule has 1 aromatic carbocycles. The largest absolute Gasteiger partial charge is 0.491 e. The topological polar surface area (TPSA) is 155 Å². The van der Waals surface area contributed by atoms with E-state index in [9.17, 15) is 14.4 Å². The molecule has 2 saturated heterocycles. The van der Waals surface area contributed by atoms with E-state index in [1.807, 2.05) is 26.8 Å². The first-order valence-corrected chi connectivity index (χ1v) is 18.3. The third-order valence-corrected chi connectivity index (χ3v) is 10.8. The van der Waals surface area contributed by atoms with Gasteiger partial charge in [0.25, 0.3) is 0 Å². The van der Waals surface area contributed by atoms with Gasteiger partial charge >= 0.3 is 6.09 Å². The van der Waals surface area contributed by atoms with Crippen molar-refractivity contribution in [2.24, 2.45) is 23.0 Å². The lowest BCUT2D eigenvalue weighted by atomic mass is 9.85. The third kappa shape index (κ3) is 8.00. The third-order valence-electron chi connectivity index (χ3n) is 10.4. The quantitative estimate of drug-likeness (QED) is 0.331. The number of hydrogen-bond acceptors (Lipinski definition) is 10. The number of hydrogen-bond donors (Lipinski definition) is 2. The second kappa shape index (κ2) is 14.2. The zero-order valence-corrected chi connectivity index (χ0v) is 29.8. The first-order chi connectivity index (χ1) is 23.9. The average molecular weight is 714 g/mol. The summed E-state index contributed by atoms with van der Waals surface area (Å²) in [6.07, 6.45) is 3.72. The number of nitrogens with two attached hydrogens (primary N) is 1. The molecule has 2 aromatic rings. The number of pyridine rings is 1. The summed E-state index contributed by atoms with van der Waals surface area (Å²) < 4.78 is 29.8. The number of aromatic nitrogens is 1. The van der Waals surface area contributed by atoms with E-state index < -0.39 is 41.5 Å². The number of morpholine rings is 1. The number of likely N-dealkylation sites (tertiary alicyclic amines) is 1. The van der Waals surface area contributed by atoms with E-state index >= 15 is 0 Å². The molecule has 7 rings (SSSR count). The van der Waals surface area contributed by atoms with E-state index in [4.69, 9.17) is 46.0 Å². The summed E-state index contributed by atoms with van der Waals surface area (Å²) in [5.41, 5.74) is 5.64. The zero-order chi connectivity index (χ0) is 35.2. The summed E-state index contributed by atoms with van der Waals surface area (Å²) in [5, 5.41) is 3.79. The summed E-state index contributed by atoms with van der Waals surface area (Å²) in [4.78, 5) is 48.3. The molecule has 0 spiro atoms. The normalized spacial score (nSPS) is 27.0. The second-order valence-electron chi connectivity index (χ2n) is 15.4. The fraction of sp³-hybridized carbons (Fsp3) is 0.667. The van der Waals surface area contributed by atoms with Crippen molar-refractivity contribution in [3.05, 3.63) is 23.2 Å². The van der Waals surface area contributed by atoms with Gasteiger partial charge in [-0.2, -0.15) is 0 Å². The highest BCUT2D eigenvalue weighted by Crippen LogP contribution is 2.52. The van der Waals surface area contributed by atoms with Crippen LogP contribution in [0, 0.1) is 17.3 Å². The molecule has 5 fully saturated rings. The monoisotopic (exact) mass is 713 g/mol. The first kappa shape index (κ1) is 34.9. The number of carbonyl (C=O) groups is 3. The maximum atomic E-state index is 14.1. The highest BCUT2D eigenvalue weighted by molar-refractivity contribution is 6.36. The molecule has 3 aliphatic carbocycles. The van der Waals surface area contributed by atoms with Crippen LogP contribution in [-0.4, -0.2) is 109 Å². The van der Waals surface area contributed by atoms with Crippen LogP contribution in [0.2, 0.25) is 5.02 Å². The fourth-order valence-electron chi connectivity index (χ4n) is 7.37. The van der Waals surface area contributed by atoms with Crippen LogP contribution in [0.5, 0.6) is 17.4 Å². The van der Waals surface area contributed by atoms with E-state index in [-0.39, 0.29) is 25.2 Å². The molecule has 3 heterocycles. The highest BCUT2D eigenvalue weighted by Gasteiger charge is 2.48. The SMILES string of the molecule is CC(C)(C)[C@H](NC(=O)O[C@@H]1C[C@@H]2C[C@@H]2C1)C(=O)N1CC(Oc2cc(OC3CC3)nc3c(Cl)c(OCCN4CCOCC4)ccc23)C[C@H]1C(N)=O. The van der Waals surface area contributed by atoms with Crippen LogP contribution in [0.25, 0.3) is 10.9 Å². The Hall–Kier alpha value is -3.55. The van der Waals surface area contributed by atoms with Crippen LogP contribution in [0.15, 0.2) is 18.2 Å². The molecule has 14 heteroatoms. The van der Waals surface area contributed by atoms with Crippen LogP contribution in [0.4, 0.5) is 4.79 Å². The summed E-state index contributed by atoms with van der Waals surface area (Å²) in [6, 6.07) is 3.48. The van der Waals surface area contributed by atoms with E-state index in [1.54, 1.807) is 12.1 Å². The summed E-state index contributed by atoms with van der Waals surface area (Å²) >= 11 is 6.90. The van der Waals surface area contributed by atoms with Gasteiger partial charge in [0.1, 0.15) is 59.0 Å². The predicted molar refractivity (Wildman–Crippen MR) is 184 cm³/mol. The van der Waals surface area contributed by atoms with Crippen LogP contribution in [0.1, 0.15) is 59.3 Å². The van der Waals surface area contributed by atoms with Gasteiger partial charge in [0.2, 0.25) is 17.7 Å². The fourth-order valence-corrected chi connectivity index (χ4v) is 7.63. The Bertz CT molecular complexity index is 1600. The molecule has 3 saturated carbocycles. The molecule has 0 bridgehead atoms. The van der Waals surface area contributed by atoms with Gasteiger partial charge in [-0.3, -0.25) is 14.5 Å². The molecule has 1 unspecified atom stereocenters. The lowest BCUT2D eigenvalue weighted by Gasteiger charge is -2.35. The smallest absolute Gasteiger partial charge is 0.408 e. The summed E-state index contributed by atoms with van der Waals surface area (Å²) in [7, 11) is 0. The number of fused-ring (bicyclic) bond motifs is 2. The van der Waals surface area contributed by atoms with Gasteiger partial charge in [-0.1, -0.05) is 32.4 Å². The van der Waals surface area contributed by atoms with E-state index in [1.165, 1.54) is 11.3 Å². The predicted octanol–water partition coefficient (Wildman–Crippen LogP) is 3.91. The molecular weight excluding hydrogens is 666 g/mol. The van der Waals surface area contributed by atoms with Gasteiger partial charge in [-0.15, -0.1) is 0 Å². The van der Waals surface area contributed by atoms with Gasteiger partial charge in [-0.25, -0.2) is 9.78 Å². The minimum absolute atomic E-state index is 0.0752. The summed E-state index contributed by atoms with van der Waals surface area (Å²) in [6.45, 7) is 10.0. The molecule has 3 N–H and O–H groups in total. The van der Waals surface area contributed by atoms with Gasteiger partial charge in [0.15, 0.2) is 0 Å². The van der Waals surface area contributed by atoms with Crippen molar-refractivity contribution in [3.8, 4) is 17.4 Å². The molecule has 272 valence electrons. The lowest BCUT2D eigenvalue weighted by Crippen LogP contribution is -2.57. The maximum Gasteiger partial charge on any atom is 0.408 e. The molecule has 13 nitrogen and oxygen atoms in total. The van der Waals surface area contributed by atoms with Crippen molar-refractivity contribution in [3.63, 3.8) is 0 Å². The lowest BCUT2D eigenvalue weighted by molar-refractivity contribution is -0.141. The number of ether oxygens (including phenoxy) is 5. The van der Waals surface area contributed by atoms with Crippen molar-refractivity contribution in [1.29, 1.82) is 0 Å². The molecule has 6 atom stereocenters. The standard InChI is InChI=1S/C36H48ClN5O8/c1-36(2,3)32(40-35(45)50-23-15-20-14-21(20)16-23)34(44)42-19-24(17-26(42)33(38)43)48-28-18-29(49-22-4-5-22)39-31-25(28)6-7-27(30(31)37)47-13-10-41-8-11-46-12-9-41/h6-7,18,20-24,26,32H,4-5,8-17,19H2,1-3H3,(H2,38,43)(H,40,45)/t20-,21+,23+,24?,26-,32+/m0/s1. The van der Waals surface area contributed by atoms with Gasteiger partial charge < -0.3 is 39.6 Å². The number of alkyl carbamates (subject to hydrolysis) is 1. The number of halogens is 1. The number of primary amides is 1. The molecular formula is C36H48ClN5O8. The van der Waals surface area contributed by atoms with E-state index in [0.29, 0.717) is 65.0 Å². The van der Waals surface area contributed by atoms with Crippen molar-refractivity contribution in [2.45, 2.75) is 89.7 Å². The minimum atomic E-state index is -0.952. The average Bonchev–Trinajstić information content (AvgIpc) is 3.95. The van der Waals surface area contributed by atoms with Crippen molar-refractivity contribution >= 4 is 40.4 Å². The number of nitrogens with one attached hydrogen (secondary N) is 1. The van der Waals surface area contributed by atoms with E-state index in [2.05, 4.69) is 10.2 Å². The van der Waals surface area contributed by atoms with Crippen LogP contribution < -0.4 is 25.3 Å². The highest BCUT2D eigenvalue weighted by atomic mass is 35.5. The molecule has 1 aromatic heterocycles. The Morgan fingerprint density at radius 2 is 1.76 bits per heavy atom. The molecule has 3 amide bonds. The Kier molecular flexibility index (Phi) is 9.92. The Morgan fingerprint density at radius 1 is 1.02 bits per heavy atom. The number of amides is 3. The number of benzene rings is 1. The van der Waals surface area contributed by atoms with E-state index in [0.717, 1.165) is 45.3 Å². The number of carbonyl (C=O) groups excluding carboxylic acids is 3. The van der Waals surface area contributed by atoms with Gasteiger partial charge in [0.05, 0.1) is 19.8 Å². The summed E-state index contributed by atoms with van der Waals surface area (Å²) in [5.74, 6) is 1.56. The molecule has 0 radical (unpaired) electrons. The molecule has 2 aliphatic heterocycles.